The third-order valence-corrected chi connectivity index (χ3v) is 5.36. The molecule has 0 amide bonds. The van der Waals surface area contributed by atoms with Crippen LogP contribution in [0.3, 0.4) is 0 Å². The molecule has 1 heterocycles. The largest absolute Gasteiger partial charge is 0.279 e. The summed E-state index contributed by atoms with van der Waals surface area (Å²) in [4.78, 5) is 18.2. The molecule has 0 fully saturated rings. The van der Waals surface area contributed by atoms with Crippen LogP contribution in [0.4, 0.5) is 4.39 Å². The van der Waals surface area contributed by atoms with Gasteiger partial charge in [0.05, 0.1) is 4.88 Å². The summed E-state index contributed by atoms with van der Waals surface area (Å²) in [5.41, 5.74) is 0.996. The van der Waals surface area contributed by atoms with E-state index in [9.17, 15) is 9.18 Å². The van der Waals surface area contributed by atoms with Gasteiger partial charge in [-0.1, -0.05) is 42.6 Å². The number of aromatic nitrogens is 1. The average Bonchev–Trinajstić information content (AvgIpc) is 3.00. The van der Waals surface area contributed by atoms with Crippen LogP contribution in [-0.2, 0) is 0 Å². The minimum Gasteiger partial charge on any atom is -0.279 e. The summed E-state index contributed by atoms with van der Waals surface area (Å²) in [7, 11) is 0. The van der Waals surface area contributed by atoms with Crippen LogP contribution in [0.1, 0.15) is 9.80 Å². The maximum Gasteiger partial charge on any atom is 0.244 e. The van der Waals surface area contributed by atoms with Gasteiger partial charge in [0.25, 0.3) is 0 Å². The van der Waals surface area contributed by atoms with Gasteiger partial charge in [0, 0.05) is 21.6 Å². The van der Waals surface area contributed by atoms with Gasteiger partial charge in [0.2, 0.25) is 5.12 Å². The van der Waals surface area contributed by atoms with Crippen molar-refractivity contribution in [2.24, 2.45) is 0 Å². The number of rotatable bonds is 4. The van der Waals surface area contributed by atoms with Gasteiger partial charge in [-0.05, 0) is 30.3 Å². The van der Waals surface area contributed by atoms with E-state index in [1.165, 1.54) is 23.5 Å². The average molecular weight is 347 g/mol. The molecule has 0 bridgehead atoms. The molecule has 0 saturated heterocycles. The van der Waals surface area contributed by atoms with Crippen LogP contribution in [0, 0.1) is 5.82 Å². The lowest BCUT2D eigenvalue weighted by Gasteiger charge is -2.07. The van der Waals surface area contributed by atoms with Crippen LogP contribution in [0.25, 0.3) is 10.4 Å². The number of carbonyl (C=O) groups excluding carboxylic acids is 1. The van der Waals surface area contributed by atoms with Crippen LogP contribution in [0.2, 0.25) is 0 Å². The molecule has 0 spiro atoms. The first kappa shape index (κ1) is 15.3. The first-order valence-electron chi connectivity index (χ1n) is 6.35. The van der Waals surface area contributed by atoms with Crippen molar-refractivity contribution in [3.05, 3.63) is 65.6 Å². The van der Waals surface area contributed by atoms with Crippen molar-refractivity contribution in [3.8, 4) is 10.4 Å². The third kappa shape index (κ3) is 3.40. The zero-order valence-electron chi connectivity index (χ0n) is 11.2. The fourth-order valence-electron chi connectivity index (χ4n) is 1.89. The molecule has 0 unspecified atom stereocenters. The van der Waals surface area contributed by atoms with Gasteiger partial charge in [-0.25, -0.2) is 9.37 Å². The third-order valence-electron chi connectivity index (χ3n) is 2.88. The Balaban J connectivity index is 1.95. The van der Waals surface area contributed by atoms with E-state index in [1.807, 2.05) is 24.3 Å². The zero-order chi connectivity index (χ0) is 15.5. The van der Waals surface area contributed by atoms with Gasteiger partial charge >= 0.3 is 0 Å². The molecular weight excluding hydrogens is 337 g/mol. The topological polar surface area (TPSA) is 30.0 Å². The van der Waals surface area contributed by atoms with Crippen LogP contribution >= 0.6 is 35.7 Å². The summed E-state index contributed by atoms with van der Waals surface area (Å²) in [6.07, 6.45) is 1.68. The first-order valence-corrected chi connectivity index (χ1v) is 8.43. The minimum atomic E-state index is -0.333. The second-order valence-electron chi connectivity index (χ2n) is 4.39. The molecule has 3 rings (SSSR count). The second kappa shape index (κ2) is 6.64. The lowest BCUT2D eigenvalue weighted by molar-refractivity contribution is 0.109. The molecule has 0 radical (unpaired) electrons. The van der Waals surface area contributed by atoms with Gasteiger partial charge in [-0.3, -0.25) is 4.79 Å². The number of nitrogens with zero attached hydrogens (tertiary/aromatic N) is 1. The molecule has 3 aromatic rings. The monoisotopic (exact) mass is 347 g/mol. The second-order valence-corrected chi connectivity index (χ2v) is 6.94. The molecule has 0 saturated carbocycles. The molecule has 0 aliphatic heterocycles. The normalized spacial score (nSPS) is 10.6. The van der Waals surface area contributed by atoms with Crippen molar-refractivity contribution in [1.82, 2.24) is 4.98 Å². The van der Waals surface area contributed by atoms with E-state index in [-0.39, 0.29) is 10.9 Å². The van der Waals surface area contributed by atoms with Crippen molar-refractivity contribution in [2.75, 3.05) is 0 Å². The molecule has 0 aliphatic rings. The lowest BCUT2D eigenvalue weighted by Crippen LogP contribution is -1.83. The Hall–Kier alpha value is -1.63. The van der Waals surface area contributed by atoms with E-state index < -0.39 is 0 Å². The summed E-state index contributed by atoms with van der Waals surface area (Å²) >= 11 is 6.65. The Bertz CT molecular complexity index is 814. The van der Waals surface area contributed by atoms with Gasteiger partial charge in [0.15, 0.2) is 5.01 Å². The van der Waals surface area contributed by atoms with Crippen LogP contribution in [0.15, 0.2) is 64.5 Å². The maximum absolute atomic E-state index is 13.0. The number of benzene rings is 2. The highest BCUT2D eigenvalue weighted by Crippen LogP contribution is 2.38. The summed E-state index contributed by atoms with van der Waals surface area (Å²) in [6.45, 7) is 0. The zero-order valence-corrected chi connectivity index (χ0v) is 13.7. The van der Waals surface area contributed by atoms with E-state index in [1.54, 1.807) is 30.1 Å². The van der Waals surface area contributed by atoms with Crippen molar-refractivity contribution in [2.45, 2.75) is 9.79 Å². The van der Waals surface area contributed by atoms with Gasteiger partial charge < -0.3 is 0 Å². The van der Waals surface area contributed by atoms with E-state index >= 15 is 0 Å². The molecule has 0 atom stereocenters. The molecule has 2 aromatic carbocycles. The molecule has 0 aliphatic carbocycles. The minimum absolute atomic E-state index is 0.253. The number of hydrogen-bond acceptors (Lipinski definition) is 4. The number of hydrogen-bond donors (Lipinski definition) is 1. The Labute approximate surface area is 140 Å². The smallest absolute Gasteiger partial charge is 0.244 e. The fraction of sp³-hybridized carbons (Fsp3) is 0. The van der Waals surface area contributed by atoms with Gasteiger partial charge in [-0.15, -0.1) is 11.3 Å². The Kier molecular flexibility index (Phi) is 4.61. The molecule has 1 aromatic heterocycles. The highest BCUT2D eigenvalue weighted by Gasteiger charge is 2.12. The highest BCUT2D eigenvalue weighted by molar-refractivity contribution is 7.99. The van der Waals surface area contributed by atoms with E-state index in [4.69, 9.17) is 0 Å². The molecule has 22 heavy (non-hydrogen) atoms. The van der Waals surface area contributed by atoms with Gasteiger partial charge in [0.1, 0.15) is 5.82 Å². The molecule has 6 heteroatoms. The molecule has 110 valence electrons. The Morgan fingerprint density at radius 3 is 2.55 bits per heavy atom. The van der Waals surface area contributed by atoms with Crippen molar-refractivity contribution >= 4 is 40.8 Å². The number of carbonyl (C=O) groups is 1. The summed E-state index contributed by atoms with van der Waals surface area (Å²) < 4.78 is 13.0. The van der Waals surface area contributed by atoms with Crippen LogP contribution < -0.4 is 0 Å². The molecule has 0 N–H and O–H groups in total. The SMILES string of the molecule is O=C(S)c1ncc(-c2ccccc2Sc2ccc(F)cc2)s1. The number of halogens is 1. The summed E-state index contributed by atoms with van der Waals surface area (Å²) in [5.74, 6) is -0.253. The first-order chi connectivity index (χ1) is 10.6. The van der Waals surface area contributed by atoms with Gasteiger partial charge in [-0.2, -0.15) is 0 Å². The maximum atomic E-state index is 13.0. The quantitative estimate of drug-likeness (QED) is 0.660. The fourth-order valence-corrected chi connectivity index (χ4v) is 3.90. The predicted octanol–water partition coefficient (Wildman–Crippen LogP) is 5.17. The van der Waals surface area contributed by atoms with E-state index in [2.05, 4.69) is 17.6 Å². The Morgan fingerprint density at radius 2 is 1.86 bits per heavy atom. The highest BCUT2D eigenvalue weighted by atomic mass is 32.2. The summed E-state index contributed by atoms with van der Waals surface area (Å²) in [5, 5.41) is 0.0415. The van der Waals surface area contributed by atoms with Crippen molar-refractivity contribution in [3.63, 3.8) is 0 Å². The predicted molar refractivity (Wildman–Crippen MR) is 91.4 cm³/mol. The summed E-state index contributed by atoms with van der Waals surface area (Å²) in [6, 6.07) is 14.2. The Morgan fingerprint density at radius 1 is 1.14 bits per heavy atom. The van der Waals surface area contributed by atoms with Crippen LogP contribution in [0.5, 0.6) is 0 Å². The molecular formula is C16H10FNOS3. The standard InChI is InChI=1S/C16H10FNOS3/c17-10-5-7-11(8-6-10)21-13-4-2-1-3-12(13)14-9-18-15(22-14)16(19)20/h1-9H,(H,19,20). The van der Waals surface area contributed by atoms with E-state index in [0.29, 0.717) is 5.01 Å². The van der Waals surface area contributed by atoms with E-state index in [0.717, 1.165) is 20.2 Å². The number of thiol groups is 1. The van der Waals surface area contributed by atoms with Crippen molar-refractivity contribution < 1.29 is 9.18 Å². The van der Waals surface area contributed by atoms with Crippen LogP contribution in [-0.4, -0.2) is 10.1 Å². The number of thiazole rings is 1. The lowest BCUT2D eigenvalue weighted by atomic mass is 10.2. The van der Waals surface area contributed by atoms with Crippen molar-refractivity contribution in [1.29, 1.82) is 0 Å². The molecule has 2 nitrogen and oxygen atoms in total.